The fraction of sp³-hybridized carbons (Fsp3) is 0.500. The van der Waals surface area contributed by atoms with Gasteiger partial charge in [0.1, 0.15) is 5.52 Å². The van der Waals surface area contributed by atoms with Crippen LogP contribution in [0.15, 0.2) is 18.5 Å². The van der Waals surface area contributed by atoms with Gasteiger partial charge in [0.2, 0.25) is 0 Å². The van der Waals surface area contributed by atoms with Crippen LogP contribution in [0, 0.1) is 0 Å². The van der Waals surface area contributed by atoms with E-state index in [1.807, 2.05) is 13.0 Å². The van der Waals surface area contributed by atoms with Gasteiger partial charge >= 0.3 is 5.97 Å². The summed E-state index contributed by atoms with van der Waals surface area (Å²) < 4.78 is 1.78. The van der Waals surface area contributed by atoms with Crippen LogP contribution in [0.2, 0.25) is 0 Å². The van der Waals surface area contributed by atoms with Crippen LogP contribution in [0.3, 0.4) is 0 Å². The quantitative estimate of drug-likeness (QED) is 0.847. The van der Waals surface area contributed by atoms with Crippen molar-refractivity contribution >= 4 is 17.3 Å². The first-order valence-electron chi connectivity index (χ1n) is 6.83. The summed E-state index contributed by atoms with van der Waals surface area (Å²) in [7, 11) is 0. The van der Waals surface area contributed by atoms with E-state index in [0.717, 1.165) is 17.6 Å². The summed E-state index contributed by atoms with van der Waals surface area (Å²) in [6.07, 6.45) is 4.26. The summed E-state index contributed by atoms with van der Waals surface area (Å²) in [6.45, 7) is 6.12. The fourth-order valence-corrected chi connectivity index (χ4v) is 2.04. The number of aromatic nitrogens is 3. The highest BCUT2D eigenvalue weighted by Crippen LogP contribution is 2.21. The fourth-order valence-electron chi connectivity index (χ4n) is 2.04. The van der Waals surface area contributed by atoms with Crippen molar-refractivity contribution in [3.8, 4) is 0 Å². The van der Waals surface area contributed by atoms with Gasteiger partial charge in [-0.3, -0.25) is 4.79 Å². The highest BCUT2D eigenvalue weighted by molar-refractivity contribution is 5.71. The number of anilines is 1. The van der Waals surface area contributed by atoms with E-state index >= 15 is 0 Å². The van der Waals surface area contributed by atoms with Crippen molar-refractivity contribution in [3.05, 3.63) is 24.2 Å². The molecule has 2 aromatic rings. The molecule has 0 saturated heterocycles. The van der Waals surface area contributed by atoms with Gasteiger partial charge in [-0.1, -0.05) is 20.8 Å². The molecule has 0 aliphatic carbocycles. The Balaban J connectivity index is 2.31. The van der Waals surface area contributed by atoms with Crippen molar-refractivity contribution in [2.45, 2.75) is 45.6 Å². The predicted octanol–water partition coefficient (Wildman–Crippen LogP) is 2.52. The number of aliphatic carboxylic acids is 1. The first kappa shape index (κ1) is 14.3. The number of nitrogens with zero attached hydrogens (tertiary/aromatic N) is 3. The molecule has 1 atom stereocenters. The molecule has 0 fully saturated rings. The number of rotatable bonds is 6. The topological polar surface area (TPSA) is 79.5 Å². The van der Waals surface area contributed by atoms with Gasteiger partial charge in [-0.15, -0.1) is 0 Å². The minimum Gasteiger partial charge on any atom is -0.481 e. The lowest BCUT2D eigenvalue weighted by Gasteiger charge is -2.15. The molecule has 20 heavy (non-hydrogen) atoms. The van der Waals surface area contributed by atoms with E-state index in [-0.39, 0.29) is 12.5 Å². The lowest BCUT2D eigenvalue weighted by Crippen LogP contribution is -2.23. The number of hydrogen-bond acceptors (Lipinski definition) is 4. The molecule has 0 aromatic carbocycles. The monoisotopic (exact) mass is 276 g/mol. The lowest BCUT2D eigenvalue weighted by molar-refractivity contribution is -0.137. The third kappa shape index (κ3) is 3.07. The maximum Gasteiger partial charge on any atom is 0.305 e. The molecule has 0 amide bonds. The molecular weight excluding hydrogens is 256 g/mol. The normalized spacial score (nSPS) is 12.8. The second-order valence-corrected chi connectivity index (χ2v) is 5.18. The van der Waals surface area contributed by atoms with E-state index in [1.54, 1.807) is 16.9 Å². The lowest BCUT2D eigenvalue weighted by atomic mass is 10.1. The maximum absolute atomic E-state index is 10.8. The largest absolute Gasteiger partial charge is 0.481 e. The molecule has 0 radical (unpaired) electrons. The van der Waals surface area contributed by atoms with Crippen molar-refractivity contribution in [1.82, 2.24) is 14.6 Å². The number of carboxylic acid groups (broad SMARTS) is 1. The zero-order chi connectivity index (χ0) is 14.7. The molecule has 1 unspecified atom stereocenters. The molecule has 0 bridgehead atoms. The molecule has 0 aliphatic heterocycles. The van der Waals surface area contributed by atoms with Crippen LogP contribution in [-0.4, -0.2) is 31.7 Å². The highest BCUT2D eigenvalue weighted by atomic mass is 16.4. The summed E-state index contributed by atoms with van der Waals surface area (Å²) in [6, 6.07) is 1.86. The Kier molecular flexibility index (Phi) is 4.22. The van der Waals surface area contributed by atoms with Crippen molar-refractivity contribution in [2.75, 3.05) is 5.32 Å². The van der Waals surface area contributed by atoms with Gasteiger partial charge in [0.05, 0.1) is 12.1 Å². The molecule has 0 aliphatic rings. The Bertz CT molecular complexity index is 606. The summed E-state index contributed by atoms with van der Waals surface area (Å²) in [4.78, 5) is 15.1. The Morgan fingerprint density at radius 2 is 2.25 bits per heavy atom. The van der Waals surface area contributed by atoms with Crippen LogP contribution in [-0.2, 0) is 4.79 Å². The van der Waals surface area contributed by atoms with Gasteiger partial charge in [0, 0.05) is 18.4 Å². The highest BCUT2D eigenvalue weighted by Gasteiger charge is 2.15. The van der Waals surface area contributed by atoms with Crippen LogP contribution in [0.1, 0.15) is 45.2 Å². The number of fused-ring (bicyclic) bond motifs is 1. The maximum atomic E-state index is 10.8. The Morgan fingerprint density at radius 1 is 1.50 bits per heavy atom. The molecule has 0 saturated carbocycles. The molecule has 2 rings (SSSR count). The zero-order valence-corrected chi connectivity index (χ0v) is 12.0. The minimum atomic E-state index is -0.812. The molecule has 108 valence electrons. The summed E-state index contributed by atoms with van der Waals surface area (Å²) >= 11 is 0. The van der Waals surface area contributed by atoms with E-state index in [1.165, 1.54) is 0 Å². The third-order valence-corrected chi connectivity index (χ3v) is 3.25. The van der Waals surface area contributed by atoms with Crippen LogP contribution in [0.4, 0.5) is 5.82 Å². The predicted molar refractivity (Wildman–Crippen MR) is 77.0 cm³/mol. The van der Waals surface area contributed by atoms with Gasteiger partial charge in [0.25, 0.3) is 0 Å². The van der Waals surface area contributed by atoms with Crippen LogP contribution >= 0.6 is 0 Å². The van der Waals surface area contributed by atoms with Gasteiger partial charge < -0.3 is 10.4 Å². The van der Waals surface area contributed by atoms with Gasteiger partial charge in [-0.25, -0.2) is 9.50 Å². The summed E-state index contributed by atoms with van der Waals surface area (Å²) in [5.74, 6) is 0.205. The number of carbonyl (C=O) groups is 1. The molecule has 0 spiro atoms. The van der Waals surface area contributed by atoms with E-state index in [0.29, 0.717) is 11.7 Å². The van der Waals surface area contributed by atoms with Crippen molar-refractivity contribution in [1.29, 1.82) is 0 Å². The van der Waals surface area contributed by atoms with E-state index in [2.05, 4.69) is 29.2 Å². The Morgan fingerprint density at radius 3 is 2.85 bits per heavy atom. The van der Waals surface area contributed by atoms with Crippen LogP contribution in [0.5, 0.6) is 0 Å². The molecule has 2 aromatic heterocycles. The molecule has 6 nitrogen and oxygen atoms in total. The molecule has 2 N–H and O–H groups in total. The second kappa shape index (κ2) is 5.90. The van der Waals surface area contributed by atoms with Crippen LogP contribution < -0.4 is 5.32 Å². The summed E-state index contributed by atoms with van der Waals surface area (Å²) in [5.41, 5.74) is 1.87. The average molecular weight is 276 g/mol. The van der Waals surface area contributed by atoms with Gasteiger partial charge in [-0.2, -0.15) is 5.10 Å². The van der Waals surface area contributed by atoms with Gasteiger partial charge in [-0.05, 0) is 18.4 Å². The standard InChI is InChI=1S/C14H20N4O2/c1-4-10(7-13(19)20)16-14-12-8-11(9(2)3)17-18(12)6-5-15-14/h5-6,8-10H,4,7H2,1-3H3,(H,15,16)(H,19,20). The summed E-state index contributed by atoms with van der Waals surface area (Å²) in [5, 5.41) is 16.6. The van der Waals surface area contributed by atoms with E-state index < -0.39 is 5.97 Å². The van der Waals surface area contributed by atoms with Crippen molar-refractivity contribution in [2.24, 2.45) is 0 Å². The van der Waals surface area contributed by atoms with Crippen molar-refractivity contribution < 1.29 is 9.90 Å². The SMILES string of the molecule is CCC(CC(=O)O)Nc1nccn2nc(C(C)C)cc12. The smallest absolute Gasteiger partial charge is 0.305 e. The average Bonchev–Trinajstić information content (AvgIpc) is 2.82. The van der Waals surface area contributed by atoms with E-state index in [9.17, 15) is 4.79 Å². The first-order valence-corrected chi connectivity index (χ1v) is 6.83. The second-order valence-electron chi connectivity index (χ2n) is 5.18. The first-order chi connectivity index (χ1) is 9.51. The molecule has 2 heterocycles. The number of nitrogens with one attached hydrogen (secondary N) is 1. The van der Waals surface area contributed by atoms with E-state index in [4.69, 9.17) is 5.11 Å². The molecular formula is C14H20N4O2. The minimum absolute atomic E-state index is 0.0738. The zero-order valence-electron chi connectivity index (χ0n) is 12.0. The van der Waals surface area contributed by atoms with Crippen LogP contribution in [0.25, 0.3) is 5.52 Å². The van der Waals surface area contributed by atoms with Gasteiger partial charge in [0.15, 0.2) is 5.82 Å². The molecule has 6 heteroatoms. The Hall–Kier alpha value is -2.11. The number of carboxylic acids is 1. The Labute approximate surface area is 117 Å². The number of hydrogen-bond donors (Lipinski definition) is 2. The van der Waals surface area contributed by atoms with Crippen molar-refractivity contribution in [3.63, 3.8) is 0 Å². The third-order valence-electron chi connectivity index (χ3n) is 3.25.